The van der Waals surface area contributed by atoms with Crippen molar-refractivity contribution in [3.8, 4) is 0 Å². The van der Waals surface area contributed by atoms with Crippen LogP contribution in [0, 0.1) is 0 Å². The van der Waals surface area contributed by atoms with E-state index in [9.17, 15) is 9.59 Å². The second-order valence-corrected chi connectivity index (χ2v) is 4.32. The summed E-state index contributed by atoms with van der Waals surface area (Å²) in [4.78, 5) is 24.0. The molecule has 6 N–H and O–H groups in total. The van der Waals surface area contributed by atoms with Crippen molar-refractivity contribution in [1.29, 1.82) is 0 Å². The Balaban J connectivity index is 3.17. The fourth-order valence-electron chi connectivity index (χ4n) is 1.68. The highest BCUT2D eigenvalue weighted by atomic mass is 16.1. The van der Waals surface area contributed by atoms with E-state index in [1.807, 2.05) is 13.8 Å². The molecule has 1 rings (SSSR count). The number of hydrogen-bond acceptors (Lipinski definition) is 4. The highest BCUT2D eigenvalue weighted by Crippen LogP contribution is 2.22. The lowest BCUT2D eigenvalue weighted by Crippen LogP contribution is -2.38. The first-order valence-electron chi connectivity index (χ1n) is 5.57. The Morgan fingerprint density at radius 3 is 2.33 bits per heavy atom. The van der Waals surface area contributed by atoms with E-state index in [0.29, 0.717) is 11.4 Å². The van der Waals surface area contributed by atoms with Gasteiger partial charge < -0.3 is 22.1 Å². The van der Waals surface area contributed by atoms with E-state index in [1.165, 1.54) is 0 Å². The van der Waals surface area contributed by atoms with Crippen molar-refractivity contribution >= 4 is 23.2 Å². The molecule has 0 aliphatic carbocycles. The SMILES string of the molecule is CC(C)N(CC(N)=O)c1ccc(N)c(C(N)=O)c1. The molecule has 1 aromatic carbocycles. The second kappa shape index (κ2) is 5.39. The zero-order chi connectivity index (χ0) is 13.9. The van der Waals surface area contributed by atoms with Gasteiger partial charge in [-0.25, -0.2) is 0 Å². The number of nitrogens with two attached hydrogens (primary N) is 3. The van der Waals surface area contributed by atoms with Crippen LogP contribution in [0.5, 0.6) is 0 Å². The highest BCUT2D eigenvalue weighted by molar-refractivity contribution is 5.99. The zero-order valence-corrected chi connectivity index (χ0v) is 10.5. The molecule has 0 heterocycles. The zero-order valence-electron chi connectivity index (χ0n) is 10.5. The molecule has 1 aromatic rings. The molecule has 6 heteroatoms. The van der Waals surface area contributed by atoms with Crippen LogP contribution in [0.2, 0.25) is 0 Å². The lowest BCUT2D eigenvalue weighted by Gasteiger charge is -2.28. The summed E-state index contributed by atoms with van der Waals surface area (Å²) >= 11 is 0. The molecule has 0 aromatic heterocycles. The molecule has 0 saturated heterocycles. The molecule has 98 valence electrons. The Morgan fingerprint density at radius 1 is 1.28 bits per heavy atom. The summed E-state index contributed by atoms with van der Waals surface area (Å²) in [7, 11) is 0. The third-order valence-corrected chi connectivity index (χ3v) is 2.58. The normalized spacial score (nSPS) is 10.4. The van der Waals surface area contributed by atoms with Crippen molar-refractivity contribution in [2.24, 2.45) is 11.5 Å². The van der Waals surface area contributed by atoms with Gasteiger partial charge in [0.1, 0.15) is 0 Å². The van der Waals surface area contributed by atoms with Gasteiger partial charge in [-0.2, -0.15) is 0 Å². The first-order chi connectivity index (χ1) is 8.32. The fraction of sp³-hybridized carbons (Fsp3) is 0.333. The van der Waals surface area contributed by atoms with E-state index < -0.39 is 11.8 Å². The lowest BCUT2D eigenvalue weighted by molar-refractivity contribution is -0.116. The van der Waals surface area contributed by atoms with Gasteiger partial charge >= 0.3 is 0 Å². The van der Waals surface area contributed by atoms with Crippen molar-refractivity contribution in [3.63, 3.8) is 0 Å². The van der Waals surface area contributed by atoms with Gasteiger partial charge in [0.15, 0.2) is 0 Å². The molecule has 0 bridgehead atoms. The summed E-state index contributed by atoms with van der Waals surface area (Å²) < 4.78 is 0. The molecule has 0 spiro atoms. The molecule has 2 amide bonds. The van der Waals surface area contributed by atoms with Gasteiger partial charge in [-0.3, -0.25) is 9.59 Å². The molecule has 6 nitrogen and oxygen atoms in total. The average Bonchev–Trinajstić information content (AvgIpc) is 2.26. The minimum Gasteiger partial charge on any atom is -0.398 e. The van der Waals surface area contributed by atoms with Crippen LogP contribution in [0.4, 0.5) is 11.4 Å². The smallest absolute Gasteiger partial charge is 0.250 e. The van der Waals surface area contributed by atoms with Crippen molar-refractivity contribution < 1.29 is 9.59 Å². The quantitative estimate of drug-likeness (QED) is 0.641. The van der Waals surface area contributed by atoms with Crippen molar-refractivity contribution in [2.45, 2.75) is 19.9 Å². The number of benzene rings is 1. The molecule has 0 saturated carbocycles. The number of anilines is 2. The topological polar surface area (TPSA) is 115 Å². The molecule has 0 radical (unpaired) electrons. The summed E-state index contributed by atoms with van der Waals surface area (Å²) in [5, 5.41) is 0. The molecule has 0 fully saturated rings. The highest BCUT2D eigenvalue weighted by Gasteiger charge is 2.15. The van der Waals surface area contributed by atoms with Crippen molar-refractivity contribution in [3.05, 3.63) is 23.8 Å². The van der Waals surface area contributed by atoms with Crippen molar-refractivity contribution in [1.82, 2.24) is 0 Å². The number of primary amides is 2. The van der Waals surface area contributed by atoms with Crippen LogP contribution in [0.1, 0.15) is 24.2 Å². The standard InChI is InChI=1S/C12H18N4O2/c1-7(2)16(6-11(14)17)8-3-4-10(13)9(5-8)12(15)18/h3-5,7H,6,13H2,1-2H3,(H2,14,17)(H2,15,18). The Morgan fingerprint density at radius 2 is 1.89 bits per heavy atom. The van der Waals surface area contributed by atoms with Crippen LogP contribution in [0.25, 0.3) is 0 Å². The minimum absolute atomic E-state index is 0.0573. The first kappa shape index (κ1) is 13.8. The Kier molecular flexibility index (Phi) is 4.14. The molecule has 18 heavy (non-hydrogen) atoms. The number of nitrogens with zero attached hydrogens (tertiary/aromatic N) is 1. The summed E-state index contributed by atoms with van der Waals surface area (Å²) in [6, 6.07) is 4.94. The van der Waals surface area contributed by atoms with Gasteiger partial charge in [0.05, 0.1) is 12.1 Å². The summed E-state index contributed by atoms with van der Waals surface area (Å²) in [5.74, 6) is -1.04. The van der Waals surface area contributed by atoms with E-state index in [2.05, 4.69) is 0 Å². The van der Waals surface area contributed by atoms with E-state index in [4.69, 9.17) is 17.2 Å². The average molecular weight is 250 g/mol. The van der Waals surface area contributed by atoms with E-state index in [1.54, 1.807) is 23.1 Å². The molecule has 0 atom stereocenters. The van der Waals surface area contributed by atoms with Crippen LogP contribution in [0.3, 0.4) is 0 Å². The Bertz CT molecular complexity index is 471. The van der Waals surface area contributed by atoms with Gasteiger partial charge in [-0.1, -0.05) is 0 Å². The number of carbonyl (C=O) groups is 2. The Hall–Kier alpha value is -2.24. The van der Waals surface area contributed by atoms with Gasteiger partial charge in [0.2, 0.25) is 5.91 Å². The van der Waals surface area contributed by atoms with E-state index in [-0.39, 0.29) is 18.2 Å². The number of amides is 2. The molecular formula is C12H18N4O2. The van der Waals surface area contributed by atoms with E-state index in [0.717, 1.165) is 0 Å². The second-order valence-electron chi connectivity index (χ2n) is 4.32. The lowest BCUT2D eigenvalue weighted by atomic mass is 10.1. The molecular weight excluding hydrogens is 232 g/mol. The number of hydrogen-bond donors (Lipinski definition) is 3. The fourth-order valence-corrected chi connectivity index (χ4v) is 1.68. The molecule has 0 aliphatic heterocycles. The maximum Gasteiger partial charge on any atom is 0.250 e. The van der Waals surface area contributed by atoms with Crippen LogP contribution >= 0.6 is 0 Å². The predicted molar refractivity (Wildman–Crippen MR) is 71.0 cm³/mol. The third-order valence-electron chi connectivity index (χ3n) is 2.58. The van der Waals surface area contributed by atoms with Gasteiger partial charge in [-0.05, 0) is 32.0 Å². The van der Waals surface area contributed by atoms with Crippen molar-refractivity contribution in [2.75, 3.05) is 17.2 Å². The van der Waals surface area contributed by atoms with Crippen LogP contribution in [0.15, 0.2) is 18.2 Å². The molecule has 0 aliphatic rings. The minimum atomic E-state index is -0.600. The number of rotatable bonds is 5. The maximum atomic E-state index is 11.2. The molecule has 0 unspecified atom stereocenters. The van der Waals surface area contributed by atoms with Gasteiger partial charge in [0.25, 0.3) is 5.91 Å². The monoisotopic (exact) mass is 250 g/mol. The Labute approximate surface area is 106 Å². The first-order valence-corrected chi connectivity index (χ1v) is 5.57. The summed E-state index contributed by atoms with van der Waals surface area (Å²) in [6.07, 6.45) is 0. The summed E-state index contributed by atoms with van der Waals surface area (Å²) in [6.45, 7) is 3.91. The van der Waals surface area contributed by atoms with Crippen LogP contribution in [-0.2, 0) is 4.79 Å². The van der Waals surface area contributed by atoms with Crippen LogP contribution in [-0.4, -0.2) is 24.4 Å². The van der Waals surface area contributed by atoms with Gasteiger partial charge in [0, 0.05) is 17.4 Å². The largest absolute Gasteiger partial charge is 0.398 e. The summed E-state index contributed by atoms with van der Waals surface area (Å²) in [5.41, 5.74) is 17.3. The van der Waals surface area contributed by atoms with Crippen LogP contribution < -0.4 is 22.1 Å². The number of carbonyl (C=O) groups excluding carboxylic acids is 2. The maximum absolute atomic E-state index is 11.2. The third kappa shape index (κ3) is 3.13. The van der Waals surface area contributed by atoms with Gasteiger partial charge in [-0.15, -0.1) is 0 Å². The van der Waals surface area contributed by atoms with E-state index >= 15 is 0 Å². The number of nitrogen functional groups attached to an aromatic ring is 1. The predicted octanol–water partition coefficient (Wildman–Crippen LogP) is 0.0678.